The zero-order chi connectivity index (χ0) is 31.7. The minimum absolute atomic E-state index is 0.0298. The van der Waals surface area contributed by atoms with Crippen molar-refractivity contribution in [3.05, 3.63) is 47.0 Å². The molecule has 238 valence electrons. The van der Waals surface area contributed by atoms with Crippen molar-refractivity contribution in [2.24, 2.45) is 22.4 Å². The highest BCUT2D eigenvalue weighted by Gasteiger charge is 2.62. The molecule has 2 fully saturated rings. The van der Waals surface area contributed by atoms with E-state index in [1.54, 1.807) is 31.7 Å². The van der Waals surface area contributed by atoms with Crippen molar-refractivity contribution in [2.45, 2.75) is 102 Å². The van der Waals surface area contributed by atoms with Crippen LogP contribution in [0.15, 0.2) is 41.6 Å². The molecule has 1 amide bonds. The Balaban J connectivity index is 1.45. The molecule has 1 saturated carbocycles. The average molecular weight is 627 g/mol. The van der Waals surface area contributed by atoms with Crippen molar-refractivity contribution in [1.29, 1.82) is 0 Å². The number of nitrogens with zero attached hydrogens (tertiary/aromatic N) is 2. The van der Waals surface area contributed by atoms with E-state index in [-0.39, 0.29) is 43.4 Å². The van der Waals surface area contributed by atoms with E-state index in [1.807, 2.05) is 24.3 Å². The molecule has 0 radical (unpaired) electrons. The zero-order valence-electron chi connectivity index (χ0n) is 26.1. The second-order valence-electron chi connectivity index (χ2n) is 13.8. The van der Waals surface area contributed by atoms with E-state index >= 15 is 0 Å². The molecule has 1 aliphatic carbocycles. The molecule has 3 heterocycles. The second-order valence-corrected chi connectivity index (χ2v) is 14.3. The highest BCUT2D eigenvalue weighted by molar-refractivity contribution is 6.31. The highest BCUT2D eigenvalue weighted by Crippen LogP contribution is 2.58. The lowest BCUT2D eigenvalue weighted by molar-refractivity contribution is -0.159. The van der Waals surface area contributed by atoms with E-state index in [2.05, 4.69) is 11.2 Å². The van der Waals surface area contributed by atoms with E-state index in [1.165, 1.54) is 7.11 Å². The van der Waals surface area contributed by atoms with Crippen LogP contribution in [0.3, 0.4) is 0 Å². The first kappa shape index (κ1) is 32.2. The number of carbonyl (C=O) groups is 4. The first-order valence-corrected chi connectivity index (χ1v) is 16.0. The van der Waals surface area contributed by atoms with Crippen molar-refractivity contribution in [1.82, 2.24) is 4.90 Å². The third-order valence-electron chi connectivity index (χ3n) is 9.24. The summed E-state index contributed by atoms with van der Waals surface area (Å²) in [5.41, 5.74) is -1.01. The van der Waals surface area contributed by atoms with Crippen LogP contribution in [0.1, 0.15) is 90.5 Å². The number of benzene rings is 1. The van der Waals surface area contributed by atoms with Gasteiger partial charge in [-0.3, -0.25) is 19.2 Å². The van der Waals surface area contributed by atoms with Gasteiger partial charge in [-0.05, 0) is 64.5 Å². The maximum atomic E-state index is 14.4. The maximum absolute atomic E-state index is 14.4. The van der Waals surface area contributed by atoms with Crippen LogP contribution in [-0.2, 0) is 33.5 Å². The van der Waals surface area contributed by atoms with Crippen LogP contribution in [0, 0.1) is 17.3 Å². The second kappa shape index (κ2) is 12.7. The Hall–Kier alpha value is -3.20. The number of fused-ring (bicyclic) bond motifs is 2. The molecule has 0 bridgehead atoms. The third-order valence-corrected chi connectivity index (χ3v) is 9.48. The van der Waals surface area contributed by atoms with Gasteiger partial charge in [-0.1, -0.05) is 53.9 Å². The molecular formula is C34H43ClN2O7. The summed E-state index contributed by atoms with van der Waals surface area (Å²) in [5.74, 6) is -2.04. The SMILES string of the molecule is COC(=O)[C@]12CC(=O)[C@@H]3C[C@]4(CC(c5cccc(Cl)c5)=NO4)CN3C(=O)[C@@H](CC(=O)OC(C)(C)C)CCCCC/C=C\[C@@H]1C2. The van der Waals surface area contributed by atoms with Gasteiger partial charge in [0.25, 0.3) is 0 Å². The van der Waals surface area contributed by atoms with Gasteiger partial charge in [-0.2, -0.15) is 0 Å². The van der Waals surface area contributed by atoms with Gasteiger partial charge in [0.05, 0.1) is 37.2 Å². The summed E-state index contributed by atoms with van der Waals surface area (Å²) in [6, 6.07) is 6.50. The minimum Gasteiger partial charge on any atom is -0.469 e. The summed E-state index contributed by atoms with van der Waals surface area (Å²) in [6.45, 7) is 5.54. The topological polar surface area (TPSA) is 112 Å². The molecule has 3 aliphatic heterocycles. The Bertz CT molecular complexity index is 1370. The number of halogens is 1. The van der Waals surface area contributed by atoms with Gasteiger partial charge in [-0.25, -0.2) is 0 Å². The number of methoxy groups -OCH3 is 1. The number of hydrogen-bond donors (Lipinski definition) is 0. The fourth-order valence-corrected chi connectivity index (χ4v) is 7.15. The number of esters is 2. The summed E-state index contributed by atoms with van der Waals surface area (Å²) in [4.78, 5) is 62.1. The number of Topliss-reactive ketones (excluding diaryl/α,β-unsaturated/α-hetero) is 1. The van der Waals surface area contributed by atoms with Crippen LogP contribution in [-0.4, -0.2) is 65.1 Å². The van der Waals surface area contributed by atoms with E-state index in [9.17, 15) is 19.2 Å². The molecule has 1 aromatic carbocycles. The lowest BCUT2D eigenvalue weighted by Crippen LogP contribution is -2.46. The number of oxime groups is 1. The van der Waals surface area contributed by atoms with Gasteiger partial charge < -0.3 is 19.2 Å². The van der Waals surface area contributed by atoms with E-state index in [0.29, 0.717) is 30.0 Å². The monoisotopic (exact) mass is 626 g/mol. The van der Waals surface area contributed by atoms with Crippen molar-refractivity contribution < 1.29 is 33.5 Å². The van der Waals surface area contributed by atoms with Crippen LogP contribution in [0.4, 0.5) is 0 Å². The van der Waals surface area contributed by atoms with Gasteiger partial charge >= 0.3 is 11.9 Å². The molecular weight excluding hydrogens is 584 g/mol. The first-order chi connectivity index (χ1) is 20.8. The summed E-state index contributed by atoms with van der Waals surface area (Å²) < 4.78 is 10.8. The summed E-state index contributed by atoms with van der Waals surface area (Å²) in [6.07, 6.45) is 9.12. The van der Waals surface area contributed by atoms with Crippen molar-refractivity contribution in [2.75, 3.05) is 13.7 Å². The van der Waals surface area contributed by atoms with Crippen LogP contribution >= 0.6 is 11.6 Å². The largest absolute Gasteiger partial charge is 0.469 e. The normalized spacial score (nSPS) is 31.6. The van der Waals surface area contributed by atoms with E-state index < -0.39 is 40.5 Å². The Labute approximate surface area is 264 Å². The first-order valence-electron chi connectivity index (χ1n) is 15.7. The molecule has 10 heteroatoms. The van der Waals surface area contributed by atoms with Gasteiger partial charge in [-0.15, -0.1) is 0 Å². The summed E-state index contributed by atoms with van der Waals surface area (Å²) in [5, 5.41) is 4.95. The predicted molar refractivity (Wildman–Crippen MR) is 165 cm³/mol. The number of ether oxygens (including phenoxy) is 2. The molecule has 0 aromatic heterocycles. The van der Waals surface area contributed by atoms with Crippen molar-refractivity contribution in [3.8, 4) is 0 Å². The number of rotatable bonds is 4. The van der Waals surface area contributed by atoms with Crippen LogP contribution in [0.25, 0.3) is 0 Å². The third kappa shape index (κ3) is 7.03. The number of amides is 1. The minimum atomic E-state index is -0.929. The summed E-state index contributed by atoms with van der Waals surface area (Å²) in [7, 11) is 1.35. The smallest absolute Gasteiger partial charge is 0.312 e. The van der Waals surface area contributed by atoms with Crippen molar-refractivity contribution >= 4 is 40.9 Å². The lowest BCUT2D eigenvalue weighted by Gasteiger charge is -2.29. The van der Waals surface area contributed by atoms with Crippen LogP contribution < -0.4 is 0 Å². The number of allylic oxidation sites excluding steroid dienone is 2. The zero-order valence-corrected chi connectivity index (χ0v) is 26.9. The standard InChI is InChI=1S/C34H43ClN2O7/c1-32(2,3)43-29(39)16-23-11-8-6-5-7-9-13-24-17-34(24,31(41)42-4)20-28(38)27-19-33(21-37(27)30(23)40)18-26(36-44-33)22-12-10-14-25(35)15-22/h9-10,12-15,23-24,27H,5-8,11,16-21H2,1-4H3/b13-9-/t23-,24-,27+,33-,34-/m1/s1. The predicted octanol–water partition coefficient (Wildman–Crippen LogP) is 5.81. The van der Waals surface area contributed by atoms with E-state index in [0.717, 1.165) is 31.2 Å². The van der Waals surface area contributed by atoms with Crippen LogP contribution in [0.5, 0.6) is 0 Å². The average Bonchev–Trinajstić information content (AvgIpc) is 3.30. The Morgan fingerprint density at radius 3 is 2.66 bits per heavy atom. The molecule has 5 atom stereocenters. The fraction of sp³-hybridized carbons (Fsp3) is 0.618. The molecule has 4 aliphatic rings. The molecule has 1 aromatic rings. The molecule has 0 N–H and O–H groups in total. The Kier molecular flexibility index (Phi) is 9.26. The molecule has 5 rings (SSSR count). The molecule has 1 saturated heterocycles. The molecule has 44 heavy (non-hydrogen) atoms. The molecule has 9 nitrogen and oxygen atoms in total. The van der Waals surface area contributed by atoms with Gasteiger partial charge in [0.1, 0.15) is 5.60 Å². The van der Waals surface area contributed by atoms with Gasteiger partial charge in [0, 0.05) is 35.8 Å². The highest BCUT2D eigenvalue weighted by atomic mass is 35.5. The van der Waals surface area contributed by atoms with Gasteiger partial charge in [0.2, 0.25) is 5.91 Å². The van der Waals surface area contributed by atoms with Gasteiger partial charge in [0.15, 0.2) is 11.4 Å². The quantitative estimate of drug-likeness (QED) is 0.306. The van der Waals surface area contributed by atoms with E-state index in [4.69, 9.17) is 25.9 Å². The summed E-state index contributed by atoms with van der Waals surface area (Å²) >= 11 is 6.23. The van der Waals surface area contributed by atoms with Crippen molar-refractivity contribution in [3.63, 3.8) is 0 Å². The lowest BCUT2D eigenvalue weighted by atomic mass is 9.87. The van der Waals surface area contributed by atoms with Crippen LogP contribution in [0.2, 0.25) is 5.02 Å². The number of carbonyl (C=O) groups excluding carboxylic acids is 4. The number of hydrogen-bond acceptors (Lipinski definition) is 8. The fourth-order valence-electron chi connectivity index (χ4n) is 6.96. The Morgan fingerprint density at radius 2 is 1.93 bits per heavy atom. The maximum Gasteiger partial charge on any atom is 0.312 e. The Morgan fingerprint density at radius 1 is 1.14 bits per heavy atom. The molecule has 0 unspecified atom stereocenters. The molecule has 1 spiro atoms. The number of ketones is 1.